The molecule has 0 aliphatic carbocycles. The number of rotatable bonds is 1. The van der Waals surface area contributed by atoms with Gasteiger partial charge in [-0.05, 0) is 11.1 Å². The number of hydrogen-bond donors (Lipinski definition) is 1. The zero-order valence-electron chi connectivity index (χ0n) is 6.54. The molecular weight excluding hydrogens is 186 g/mol. The second kappa shape index (κ2) is 3.07. The summed E-state index contributed by atoms with van der Waals surface area (Å²) in [5.41, 5.74) is 9.41. The molecular formula is C9H9NS2. The Bertz CT molecular complexity index is 333. The van der Waals surface area contributed by atoms with E-state index in [0.717, 1.165) is 17.1 Å². The third kappa shape index (κ3) is 1.23. The van der Waals surface area contributed by atoms with Crippen molar-refractivity contribution in [2.75, 3.05) is 0 Å². The minimum Gasteiger partial charge on any atom is -0.389 e. The highest BCUT2D eigenvalue weighted by Crippen LogP contribution is 2.31. The number of thiocarbonyl (C=S) groups is 1. The molecule has 0 unspecified atom stereocenters. The van der Waals surface area contributed by atoms with Gasteiger partial charge in [-0.1, -0.05) is 30.4 Å². The molecule has 1 aliphatic rings. The lowest BCUT2D eigenvalue weighted by atomic mass is 10.0. The highest BCUT2D eigenvalue weighted by atomic mass is 32.2. The second-order valence-corrected chi connectivity index (χ2v) is 4.23. The average molecular weight is 195 g/mol. The highest BCUT2D eigenvalue weighted by Gasteiger charge is 2.15. The Morgan fingerprint density at radius 3 is 3.00 bits per heavy atom. The van der Waals surface area contributed by atoms with Gasteiger partial charge in [-0.2, -0.15) is 11.8 Å². The van der Waals surface area contributed by atoms with Crippen LogP contribution in [0.1, 0.15) is 16.7 Å². The van der Waals surface area contributed by atoms with Crippen LogP contribution in [0.4, 0.5) is 0 Å². The van der Waals surface area contributed by atoms with Crippen LogP contribution < -0.4 is 5.73 Å². The third-order valence-corrected chi connectivity index (χ3v) is 3.27. The lowest BCUT2D eigenvalue weighted by Crippen LogP contribution is -2.11. The first-order valence-corrected chi connectivity index (χ1v) is 5.33. The van der Waals surface area contributed by atoms with Gasteiger partial charge in [0.25, 0.3) is 0 Å². The maximum Gasteiger partial charge on any atom is 0.104 e. The van der Waals surface area contributed by atoms with Gasteiger partial charge in [-0.25, -0.2) is 0 Å². The zero-order chi connectivity index (χ0) is 8.55. The molecule has 0 bridgehead atoms. The van der Waals surface area contributed by atoms with E-state index >= 15 is 0 Å². The standard InChI is InChI=1S/C9H9NS2/c10-9(11)7-3-1-2-6-4-12-5-8(6)7/h1-3H,4-5H2,(H2,10,11). The Morgan fingerprint density at radius 1 is 1.42 bits per heavy atom. The summed E-state index contributed by atoms with van der Waals surface area (Å²) in [7, 11) is 0. The van der Waals surface area contributed by atoms with E-state index in [0.29, 0.717) is 4.99 Å². The monoisotopic (exact) mass is 195 g/mol. The maximum atomic E-state index is 5.61. The fraction of sp³-hybridized carbons (Fsp3) is 0.222. The van der Waals surface area contributed by atoms with E-state index in [1.807, 2.05) is 23.9 Å². The molecule has 0 amide bonds. The Balaban J connectivity index is 2.56. The van der Waals surface area contributed by atoms with Crippen LogP contribution in [0.15, 0.2) is 18.2 Å². The molecule has 1 aliphatic heterocycles. The first kappa shape index (κ1) is 8.08. The van der Waals surface area contributed by atoms with Crippen molar-refractivity contribution in [1.29, 1.82) is 0 Å². The molecule has 1 heterocycles. The van der Waals surface area contributed by atoms with E-state index in [2.05, 4.69) is 6.07 Å². The van der Waals surface area contributed by atoms with Gasteiger partial charge in [-0.15, -0.1) is 0 Å². The summed E-state index contributed by atoms with van der Waals surface area (Å²) in [5.74, 6) is 2.16. The fourth-order valence-corrected chi connectivity index (χ4v) is 2.76. The summed E-state index contributed by atoms with van der Waals surface area (Å²) in [6, 6.07) is 6.18. The summed E-state index contributed by atoms with van der Waals surface area (Å²) in [6.45, 7) is 0. The average Bonchev–Trinajstić information content (AvgIpc) is 2.49. The van der Waals surface area contributed by atoms with Crippen molar-refractivity contribution in [3.05, 3.63) is 34.9 Å². The van der Waals surface area contributed by atoms with Crippen molar-refractivity contribution >= 4 is 29.0 Å². The van der Waals surface area contributed by atoms with Crippen molar-refractivity contribution in [3.63, 3.8) is 0 Å². The minimum atomic E-state index is 0.523. The van der Waals surface area contributed by atoms with Gasteiger partial charge in [0.2, 0.25) is 0 Å². The lowest BCUT2D eigenvalue weighted by molar-refractivity contribution is 1.33. The van der Waals surface area contributed by atoms with Gasteiger partial charge < -0.3 is 5.73 Å². The Hall–Kier alpha value is -0.540. The van der Waals surface area contributed by atoms with E-state index in [-0.39, 0.29) is 0 Å². The van der Waals surface area contributed by atoms with Gasteiger partial charge in [0, 0.05) is 17.1 Å². The van der Waals surface area contributed by atoms with E-state index in [1.54, 1.807) is 0 Å². The smallest absolute Gasteiger partial charge is 0.104 e. The molecule has 0 fully saturated rings. The van der Waals surface area contributed by atoms with Crippen LogP contribution in [0.25, 0.3) is 0 Å². The predicted octanol–water partition coefficient (Wildman–Crippen LogP) is 2.07. The zero-order valence-corrected chi connectivity index (χ0v) is 8.17. The molecule has 1 aromatic rings. The van der Waals surface area contributed by atoms with Crippen molar-refractivity contribution in [1.82, 2.24) is 0 Å². The molecule has 2 rings (SSSR count). The summed E-state index contributed by atoms with van der Waals surface area (Å²) in [6.07, 6.45) is 0. The minimum absolute atomic E-state index is 0.523. The molecule has 1 nitrogen and oxygen atoms in total. The van der Waals surface area contributed by atoms with Crippen molar-refractivity contribution in [3.8, 4) is 0 Å². The molecule has 62 valence electrons. The normalized spacial score (nSPS) is 14.3. The van der Waals surface area contributed by atoms with Crippen LogP contribution in [0.2, 0.25) is 0 Å². The Morgan fingerprint density at radius 2 is 2.25 bits per heavy atom. The first-order chi connectivity index (χ1) is 5.79. The third-order valence-electron chi connectivity index (χ3n) is 2.04. The Kier molecular flexibility index (Phi) is 2.07. The summed E-state index contributed by atoms with van der Waals surface area (Å²) in [5, 5.41) is 0. The molecule has 1 aromatic carbocycles. The molecule has 0 radical (unpaired) electrons. The van der Waals surface area contributed by atoms with Crippen LogP contribution in [-0.2, 0) is 11.5 Å². The van der Waals surface area contributed by atoms with Gasteiger partial charge in [0.15, 0.2) is 0 Å². The molecule has 12 heavy (non-hydrogen) atoms. The number of benzene rings is 1. The van der Waals surface area contributed by atoms with Crippen LogP contribution in [0.5, 0.6) is 0 Å². The number of hydrogen-bond acceptors (Lipinski definition) is 2. The molecule has 0 aromatic heterocycles. The molecule has 0 spiro atoms. The van der Waals surface area contributed by atoms with Crippen LogP contribution in [0, 0.1) is 0 Å². The number of thioether (sulfide) groups is 1. The topological polar surface area (TPSA) is 26.0 Å². The SMILES string of the molecule is NC(=S)c1cccc2c1CSC2. The van der Waals surface area contributed by atoms with Crippen LogP contribution >= 0.6 is 24.0 Å². The summed E-state index contributed by atoms with van der Waals surface area (Å²) in [4.78, 5) is 0.523. The summed E-state index contributed by atoms with van der Waals surface area (Å²) < 4.78 is 0. The molecule has 0 saturated carbocycles. The predicted molar refractivity (Wildman–Crippen MR) is 57.3 cm³/mol. The van der Waals surface area contributed by atoms with Crippen molar-refractivity contribution in [2.45, 2.75) is 11.5 Å². The van der Waals surface area contributed by atoms with E-state index in [9.17, 15) is 0 Å². The van der Waals surface area contributed by atoms with E-state index in [4.69, 9.17) is 18.0 Å². The Labute approximate surface area is 81.3 Å². The largest absolute Gasteiger partial charge is 0.389 e. The second-order valence-electron chi connectivity index (χ2n) is 2.80. The van der Waals surface area contributed by atoms with Crippen molar-refractivity contribution in [2.24, 2.45) is 5.73 Å². The van der Waals surface area contributed by atoms with E-state index < -0.39 is 0 Å². The molecule has 2 N–H and O–H groups in total. The van der Waals surface area contributed by atoms with Crippen LogP contribution in [0.3, 0.4) is 0 Å². The number of fused-ring (bicyclic) bond motifs is 1. The summed E-state index contributed by atoms with van der Waals surface area (Å²) >= 11 is 6.89. The van der Waals surface area contributed by atoms with Crippen molar-refractivity contribution < 1.29 is 0 Å². The highest BCUT2D eigenvalue weighted by molar-refractivity contribution is 7.98. The van der Waals surface area contributed by atoms with Gasteiger partial charge in [-0.3, -0.25) is 0 Å². The lowest BCUT2D eigenvalue weighted by Gasteiger charge is -2.04. The van der Waals surface area contributed by atoms with Gasteiger partial charge in [0.1, 0.15) is 4.99 Å². The van der Waals surface area contributed by atoms with Gasteiger partial charge >= 0.3 is 0 Å². The van der Waals surface area contributed by atoms with E-state index in [1.165, 1.54) is 11.1 Å². The fourth-order valence-electron chi connectivity index (χ4n) is 1.43. The maximum absolute atomic E-state index is 5.61. The first-order valence-electron chi connectivity index (χ1n) is 3.77. The molecule has 3 heteroatoms. The van der Waals surface area contributed by atoms with Gasteiger partial charge in [0.05, 0.1) is 0 Å². The quantitative estimate of drug-likeness (QED) is 0.695. The molecule has 0 atom stereocenters. The molecule has 0 saturated heterocycles. The number of nitrogens with two attached hydrogens (primary N) is 1. The van der Waals surface area contributed by atoms with Crippen LogP contribution in [-0.4, -0.2) is 4.99 Å².